The van der Waals surface area contributed by atoms with Gasteiger partial charge in [-0.1, -0.05) is 46.3 Å². The van der Waals surface area contributed by atoms with Crippen molar-refractivity contribution in [3.05, 3.63) is 73.9 Å². The molecule has 6 nitrogen and oxygen atoms in total. The average Bonchev–Trinajstić information content (AvgIpc) is 3.09. The fraction of sp³-hybridized carbons (Fsp3) is 0.143. The third-order valence-corrected chi connectivity index (χ3v) is 5.93. The Morgan fingerprint density at radius 1 is 1.14 bits per heavy atom. The van der Waals surface area contributed by atoms with Gasteiger partial charge < -0.3 is 0 Å². The molecule has 2 aromatic heterocycles. The molecule has 0 radical (unpaired) electrons. The minimum absolute atomic E-state index is 0.206. The topological polar surface area (TPSA) is 76.9 Å². The Kier molecular flexibility index (Phi) is 5.29. The van der Waals surface area contributed by atoms with Crippen molar-refractivity contribution in [1.29, 1.82) is 0 Å². The molecule has 4 aromatic rings. The second-order valence-corrected chi connectivity index (χ2v) is 8.52. The maximum Gasteiger partial charge on any atom is 0.278 e. The number of aromatic nitrogens is 3. The van der Waals surface area contributed by atoms with Crippen LogP contribution in [0.15, 0.2) is 57.8 Å². The van der Waals surface area contributed by atoms with Gasteiger partial charge in [0.05, 0.1) is 11.1 Å². The van der Waals surface area contributed by atoms with E-state index in [1.54, 1.807) is 24.3 Å². The number of rotatable bonds is 4. The molecular formula is C21H17BrN4O2S. The average molecular weight is 469 g/mol. The standard InChI is InChI=1S/C21H17BrN4O2S/c1-3-26-20(28)16-7-5-4-6-15(16)18(25-26)19(27)24-21-23-17(12(2)29-21)13-8-10-14(22)11-9-13/h4-11H,3H2,1-2H3,(H,23,24,27). The molecule has 0 atom stereocenters. The number of carbonyl (C=O) groups excluding carboxylic acids is 1. The number of amides is 1. The van der Waals surface area contributed by atoms with Crippen molar-refractivity contribution in [3.63, 3.8) is 0 Å². The zero-order valence-electron chi connectivity index (χ0n) is 15.8. The minimum atomic E-state index is -0.389. The number of thiazole rings is 1. The summed E-state index contributed by atoms with van der Waals surface area (Å²) in [5.74, 6) is -0.389. The van der Waals surface area contributed by atoms with Crippen LogP contribution >= 0.6 is 27.3 Å². The Morgan fingerprint density at radius 3 is 2.52 bits per heavy atom. The van der Waals surface area contributed by atoms with Crippen molar-refractivity contribution < 1.29 is 4.79 Å². The molecule has 0 saturated heterocycles. The Morgan fingerprint density at radius 2 is 1.83 bits per heavy atom. The molecular weight excluding hydrogens is 452 g/mol. The van der Waals surface area contributed by atoms with Gasteiger partial charge in [0, 0.05) is 26.8 Å². The Bertz CT molecular complexity index is 1280. The summed E-state index contributed by atoms with van der Waals surface area (Å²) in [5, 5.41) is 8.61. The number of benzene rings is 2. The van der Waals surface area contributed by atoms with E-state index in [9.17, 15) is 9.59 Å². The van der Waals surface area contributed by atoms with Gasteiger partial charge in [0.25, 0.3) is 11.5 Å². The lowest BCUT2D eigenvalue weighted by atomic mass is 10.1. The Balaban J connectivity index is 1.71. The van der Waals surface area contributed by atoms with Crippen LogP contribution in [-0.4, -0.2) is 20.7 Å². The van der Waals surface area contributed by atoms with E-state index in [1.165, 1.54) is 16.0 Å². The fourth-order valence-corrected chi connectivity index (χ4v) is 4.19. The summed E-state index contributed by atoms with van der Waals surface area (Å²) in [7, 11) is 0. The van der Waals surface area contributed by atoms with Crippen LogP contribution in [0.1, 0.15) is 22.3 Å². The molecule has 29 heavy (non-hydrogen) atoms. The van der Waals surface area contributed by atoms with Crippen LogP contribution in [0.4, 0.5) is 5.13 Å². The van der Waals surface area contributed by atoms with Gasteiger partial charge in [-0.15, -0.1) is 11.3 Å². The van der Waals surface area contributed by atoms with Crippen molar-refractivity contribution in [2.45, 2.75) is 20.4 Å². The summed E-state index contributed by atoms with van der Waals surface area (Å²) in [6, 6.07) is 14.9. The number of nitrogens with zero attached hydrogens (tertiary/aromatic N) is 3. The molecule has 0 aliphatic rings. The SMILES string of the molecule is CCn1nc(C(=O)Nc2nc(-c3ccc(Br)cc3)c(C)s2)c2ccccc2c1=O. The molecule has 0 aliphatic heterocycles. The second kappa shape index (κ2) is 7.88. The summed E-state index contributed by atoms with van der Waals surface area (Å²) in [5.41, 5.74) is 1.81. The summed E-state index contributed by atoms with van der Waals surface area (Å²) >= 11 is 4.83. The number of nitrogens with one attached hydrogen (secondary N) is 1. The summed E-state index contributed by atoms with van der Waals surface area (Å²) in [6.07, 6.45) is 0. The predicted octanol–water partition coefficient (Wildman–Crippen LogP) is 4.86. The first-order valence-corrected chi connectivity index (χ1v) is 10.6. The molecule has 0 aliphatic carbocycles. The van der Waals surface area contributed by atoms with E-state index in [0.717, 1.165) is 20.6 Å². The summed E-state index contributed by atoms with van der Waals surface area (Å²) < 4.78 is 2.30. The van der Waals surface area contributed by atoms with E-state index in [0.29, 0.717) is 22.4 Å². The summed E-state index contributed by atoms with van der Waals surface area (Å²) in [6.45, 7) is 4.17. The van der Waals surface area contributed by atoms with Crippen LogP contribution in [-0.2, 0) is 6.54 Å². The highest BCUT2D eigenvalue weighted by Gasteiger charge is 2.18. The zero-order valence-corrected chi connectivity index (χ0v) is 18.2. The number of hydrogen-bond acceptors (Lipinski definition) is 5. The monoisotopic (exact) mass is 468 g/mol. The number of halogens is 1. The van der Waals surface area contributed by atoms with Crippen molar-refractivity contribution in [2.75, 3.05) is 5.32 Å². The first-order valence-electron chi connectivity index (χ1n) is 9.02. The normalized spacial score (nSPS) is 11.0. The molecule has 0 unspecified atom stereocenters. The second-order valence-electron chi connectivity index (χ2n) is 6.40. The largest absolute Gasteiger partial charge is 0.296 e. The minimum Gasteiger partial charge on any atom is -0.296 e. The lowest BCUT2D eigenvalue weighted by molar-refractivity contribution is 0.102. The van der Waals surface area contributed by atoms with Gasteiger partial charge >= 0.3 is 0 Å². The van der Waals surface area contributed by atoms with Gasteiger partial charge in [-0.3, -0.25) is 14.9 Å². The molecule has 1 amide bonds. The molecule has 0 bridgehead atoms. The van der Waals surface area contributed by atoms with Crippen LogP contribution in [0.2, 0.25) is 0 Å². The number of hydrogen-bond donors (Lipinski definition) is 1. The van der Waals surface area contributed by atoms with Gasteiger partial charge in [0.15, 0.2) is 10.8 Å². The first kappa shape index (κ1) is 19.5. The smallest absolute Gasteiger partial charge is 0.278 e. The number of anilines is 1. The zero-order chi connectivity index (χ0) is 20.5. The van der Waals surface area contributed by atoms with Crippen LogP contribution in [0, 0.1) is 6.92 Å². The van der Waals surface area contributed by atoms with E-state index in [-0.39, 0.29) is 17.2 Å². The van der Waals surface area contributed by atoms with Crippen LogP contribution in [0.3, 0.4) is 0 Å². The predicted molar refractivity (Wildman–Crippen MR) is 120 cm³/mol. The van der Waals surface area contributed by atoms with Crippen LogP contribution in [0.5, 0.6) is 0 Å². The first-order chi connectivity index (χ1) is 14.0. The molecule has 0 saturated carbocycles. The van der Waals surface area contributed by atoms with Crippen molar-refractivity contribution in [3.8, 4) is 11.3 Å². The number of fused-ring (bicyclic) bond motifs is 1. The molecule has 2 heterocycles. The highest BCUT2D eigenvalue weighted by atomic mass is 79.9. The Labute approximate surface area is 179 Å². The van der Waals surface area contributed by atoms with E-state index in [4.69, 9.17) is 0 Å². The highest BCUT2D eigenvalue weighted by Crippen LogP contribution is 2.31. The van der Waals surface area contributed by atoms with Gasteiger partial charge in [-0.05, 0) is 32.0 Å². The molecule has 8 heteroatoms. The quantitative estimate of drug-likeness (QED) is 0.463. The lowest BCUT2D eigenvalue weighted by Crippen LogP contribution is -2.27. The maximum atomic E-state index is 13.0. The fourth-order valence-electron chi connectivity index (χ4n) is 3.10. The Hall–Kier alpha value is -2.84. The number of aryl methyl sites for hydroxylation is 2. The van der Waals surface area contributed by atoms with Crippen molar-refractivity contribution in [2.24, 2.45) is 0 Å². The van der Waals surface area contributed by atoms with Gasteiger partial charge in [0.1, 0.15) is 0 Å². The van der Waals surface area contributed by atoms with Gasteiger partial charge in [-0.2, -0.15) is 5.10 Å². The molecule has 4 rings (SSSR count). The molecule has 2 aromatic carbocycles. The van der Waals surface area contributed by atoms with E-state index < -0.39 is 0 Å². The third-order valence-electron chi connectivity index (χ3n) is 4.52. The summed E-state index contributed by atoms with van der Waals surface area (Å²) in [4.78, 5) is 31.0. The molecule has 146 valence electrons. The maximum absolute atomic E-state index is 13.0. The number of carbonyl (C=O) groups is 1. The van der Waals surface area contributed by atoms with Crippen molar-refractivity contribution >= 4 is 49.1 Å². The van der Waals surface area contributed by atoms with E-state index >= 15 is 0 Å². The lowest BCUT2D eigenvalue weighted by Gasteiger charge is -2.09. The van der Waals surface area contributed by atoms with Gasteiger partial charge in [-0.25, -0.2) is 9.67 Å². The van der Waals surface area contributed by atoms with Gasteiger partial charge in [0.2, 0.25) is 0 Å². The van der Waals surface area contributed by atoms with E-state index in [1.807, 2.05) is 38.1 Å². The molecule has 0 spiro atoms. The third kappa shape index (κ3) is 3.73. The van der Waals surface area contributed by atoms with Crippen molar-refractivity contribution in [1.82, 2.24) is 14.8 Å². The highest BCUT2D eigenvalue weighted by molar-refractivity contribution is 9.10. The molecule has 1 N–H and O–H groups in total. The van der Waals surface area contributed by atoms with E-state index in [2.05, 4.69) is 31.3 Å². The van der Waals surface area contributed by atoms with Crippen LogP contribution in [0.25, 0.3) is 22.0 Å². The van der Waals surface area contributed by atoms with Crippen LogP contribution < -0.4 is 10.9 Å². The molecule has 0 fully saturated rings.